The fourth-order valence-corrected chi connectivity index (χ4v) is 3.07. The second-order valence-corrected chi connectivity index (χ2v) is 6.99. The Morgan fingerprint density at radius 2 is 1.58 bits per heavy atom. The summed E-state index contributed by atoms with van der Waals surface area (Å²) >= 11 is 6.02. The van der Waals surface area contributed by atoms with Gasteiger partial charge in [-0.1, -0.05) is 17.7 Å². The Bertz CT molecular complexity index is 1340. The number of hydrogen-bond donors (Lipinski definition) is 1. The lowest BCUT2D eigenvalue weighted by atomic mass is 10.1. The summed E-state index contributed by atoms with van der Waals surface area (Å²) in [7, 11) is 0. The van der Waals surface area contributed by atoms with Gasteiger partial charge in [0.1, 0.15) is 11.1 Å². The molecule has 4 rings (SSSR count). The maximum absolute atomic E-state index is 13.9. The number of nitrogens with zero attached hydrogens (tertiary/aromatic N) is 1. The summed E-state index contributed by atoms with van der Waals surface area (Å²) < 4.78 is 73.5. The van der Waals surface area contributed by atoms with E-state index in [9.17, 15) is 26.7 Å². The SMILES string of the molecule is Cc1ccc2oc(-c3ccc(Cl)c(NC(=O)c4c(F)c(F)c(F)c(F)c4F)c3)nc2c1. The van der Waals surface area contributed by atoms with Gasteiger partial charge in [0.25, 0.3) is 5.91 Å². The number of carbonyl (C=O) groups is 1. The number of rotatable bonds is 3. The van der Waals surface area contributed by atoms with Crippen molar-refractivity contribution in [2.75, 3.05) is 5.32 Å². The molecule has 1 amide bonds. The van der Waals surface area contributed by atoms with E-state index < -0.39 is 40.6 Å². The van der Waals surface area contributed by atoms with E-state index in [1.807, 2.05) is 13.0 Å². The van der Waals surface area contributed by atoms with E-state index in [1.165, 1.54) is 18.2 Å². The molecule has 31 heavy (non-hydrogen) atoms. The first-order valence-electron chi connectivity index (χ1n) is 8.67. The summed E-state index contributed by atoms with van der Waals surface area (Å²) in [6.45, 7) is 1.88. The number of fused-ring (bicyclic) bond motifs is 1. The van der Waals surface area contributed by atoms with E-state index in [0.29, 0.717) is 16.7 Å². The molecule has 0 fully saturated rings. The molecule has 1 aromatic heterocycles. The number of benzene rings is 3. The van der Waals surface area contributed by atoms with Gasteiger partial charge in [0, 0.05) is 5.56 Å². The first kappa shape index (κ1) is 20.8. The van der Waals surface area contributed by atoms with Gasteiger partial charge >= 0.3 is 0 Å². The monoisotopic (exact) mass is 452 g/mol. The smallest absolute Gasteiger partial charge is 0.261 e. The first-order chi connectivity index (χ1) is 14.7. The molecule has 0 radical (unpaired) electrons. The number of oxazole rings is 1. The summed E-state index contributed by atoms with van der Waals surface area (Å²) in [6.07, 6.45) is 0. The Morgan fingerprint density at radius 3 is 2.26 bits per heavy atom. The van der Waals surface area contributed by atoms with Crippen molar-refractivity contribution in [1.82, 2.24) is 4.98 Å². The van der Waals surface area contributed by atoms with Gasteiger partial charge in [-0.05, 0) is 42.8 Å². The molecule has 158 valence electrons. The molecule has 4 nitrogen and oxygen atoms in total. The van der Waals surface area contributed by atoms with Crippen LogP contribution in [0.5, 0.6) is 0 Å². The van der Waals surface area contributed by atoms with Crippen molar-refractivity contribution in [3.05, 3.63) is 81.6 Å². The summed E-state index contributed by atoms with van der Waals surface area (Å²) in [4.78, 5) is 16.6. The van der Waals surface area contributed by atoms with Crippen LogP contribution in [-0.2, 0) is 0 Å². The van der Waals surface area contributed by atoms with Gasteiger partial charge < -0.3 is 9.73 Å². The first-order valence-corrected chi connectivity index (χ1v) is 9.05. The third-order valence-corrected chi connectivity index (χ3v) is 4.77. The Kier molecular flexibility index (Phi) is 5.14. The second-order valence-electron chi connectivity index (χ2n) is 6.58. The molecule has 0 atom stereocenters. The lowest BCUT2D eigenvalue weighted by molar-refractivity contribution is 0.101. The molecule has 0 spiro atoms. The highest BCUT2D eigenvalue weighted by Crippen LogP contribution is 2.32. The molecule has 0 aliphatic carbocycles. The minimum absolute atomic E-state index is 0.0482. The summed E-state index contributed by atoms with van der Waals surface area (Å²) in [5, 5.41) is 2.01. The zero-order valence-electron chi connectivity index (χ0n) is 15.5. The molecule has 0 saturated carbocycles. The average Bonchev–Trinajstić information content (AvgIpc) is 3.15. The van der Waals surface area contributed by atoms with Gasteiger partial charge in [-0.3, -0.25) is 4.79 Å². The quantitative estimate of drug-likeness (QED) is 0.222. The minimum Gasteiger partial charge on any atom is -0.436 e. The predicted octanol–water partition coefficient (Wildman–Crippen LogP) is 6.40. The molecule has 0 saturated heterocycles. The van der Waals surface area contributed by atoms with Crippen LogP contribution in [-0.4, -0.2) is 10.9 Å². The van der Waals surface area contributed by atoms with Crippen LogP contribution in [0, 0.1) is 36.0 Å². The standard InChI is InChI=1S/C21H10ClF5N2O2/c1-8-2-5-13-12(6-8)29-21(31-13)9-3-4-10(22)11(7-9)28-20(30)14-15(23)17(25)19(27)18(26)16(14)24/h2-7H,1H3,(H,28,30). The van der Waals surface area contributed by atoms with Crippen molar-refractivity contribution in [2.24, 2.45) is 0 Å². The maximum atomic E-state index is 13.9. The topological polar surface area (TPSA) is 55.1 Å². The highest BCUT2D eigenvalue weighted by Gasteiger charge is 2.30. The van der Waals surface area contributed by atoms with Crippen molar-refractivity contribution in [3.63, 3.8) is 0 Å². The Balaban J connectivity index is 1.72. The van der Waals surface area contributed by atoms with Crippen molar-refractivity contribution < 1.29 is 31.2 Å². The van der Waals surface area contributed by atoms with Crippen LogP contribution >= 0.6 is 11.6 Å². The molecule has 3 aromatic carbocycles. The average molecular weight is 453 g/mol. The third kappa shape index (κ3) is 3.61. The number of aryl methyl sites for hydroxylation is 1. The molecule has 0 aliphatic heterocycles. The van der Waals surface area contributed by atoms with Gasteiger partial charge in [0.05, 0.1) is 10.7 Å². The molecule has 4 aromatic rings. The summed E-state index contributed by atoms with van der Waals surface area (Å²) in [5.74, 6) is -12.7. The van der Waals surface area contributed by atoms with Gasteiger partial charge in [0.2, 0.25) is 11.7 Å². The molecule has 1 N–H and O–H groups in total. The highest BCUT2D eigenvalue weighted by atomic mass is 35.5. The number of aromatic nitrogens is 1. The van der Waals surface area contributed by atoms with Crippen LogP contribution in [0.25, 0.3) is 22.6 Å². The van der Waals surface area contributed by atoms with Gasteiger partial charge in [-0.25, -0.2) is 26.9 Å². The Hall–Kier alpha value is -3.46. The fourth-order valence-electron chi connectivity index (χ4n) is 2.90. The van der Waals surface area contributed by atoms with E-state index in [4.69, 9.17) is 16.0 Å². The number of halogens is 6. The van der Waals surface area contributed by atoms with E-state index in [2.05, 4.69) is 10.3 Å². The van der Waals surface area contributed by atoms with Gasteiger partial charge in [-0.2, -0.15) is 0 Å². The molecule has 0 unspecified atom stereocenters. The van der Waals surface area contributed by atoms with Crippen LogP contribution < -0.4 is 5.32 Å². The molecular weight excluding hydrogens is 443 g/mol. The van der Waals surface area contributed by atoms with Crippen molar-refractivity contribution in [2.45, 2.75) is 6.92 Å². The second kappa shape index (κ2) is 7.66. The zero-order valence-corrected chi connectivity index (χ0v) is 16.3. The van der Waals surface area contributed by atoms with Gasteiger partial charge in [0.15, 0.2) is 28.9 Å². The molecular formula is C21H10ClF5N2O2. The third-order valence-electron chi connectivity index (χ3n) is 4.44. The van der Waals surface area contributed by atoms with Crippen LogP contribution in [0.2, 0.25) is 5.02 Å². The zero-order chi connectivity index (χ0) is 22.4. The molecule has 0 bridgehead atoms. The van der Waals surface area contributed by atoms with E-state index >= 15 is 0 Å². The summed E-state index contributed by atoms with van der Waals surface area (Å²) in [5.41, 5.74) is 0.617. The number of anilines is 1. The van der Waals surface area contributed by atoms with E-state index in [-0.39, 0.29) is 16.6 Å². The lowest BCUT2D eigenvalue weighted by Crippen LogP contribution is -2.19. The van der Waals surface area contributed by atoms with Crippen LogP contribution in [0.3, 0.4) is 0 Å². The van der Waals surface area contributed by atoms with Crippen LogP contribution in [0.15, 0.2) is 40.8 Å². The Morgan fingerprint density at radius 1 is 0.935 bits per heavy atom. The molecule has 0 aliphatic rings. The van der Waals surface area contributed by atoms with E-state index in [1.54, 1.807) is 12.1 Å². The fraction of sp³-hybridized carbons (Fsp3) is 0.0476. The predicted molar refractivity (Wildman–Crippen MR) is 103 cm³/mol. The van der Waals surface area contributed by atoms with E-state index in [0.717, 1.165) is 5.56 Å². The normalized spacial score (nSPS) is 11.2. The Labute approximate surface area is 176 Å². The van der Waals surface area contributed by atoms with Gasteiger partial charge in [-0.15, -0.1) is 0 Å². The largest absolute Gasteiger partial charge is 0.436 e. The number of carbonyl (C=O) groups excluding carboxylic acids is 1. The number of hydrogen-bond acceptors (Lipinski definition) is 3. The molecule has 1 heterocycles. The molecule has 10 heteroatoms. The van der Waals surface area contributed by atoms with Crippen molar-refractivity contribution in [3.8, 4) is 11.5 Å². The number of nitrogens with one attached hydrogen (secondary N) is 1. The summed E-state index contributed by atoms with van der Waals surface area (Å²) in [6, 6.07) is 9.52. The maximum Gasteiger partial charge on any atom is 0.261 e. The van der Waals surface area contributed by atoms with Crippen molar-refractivity contribution in [1.29, 1.82) is 0 Å². The van der Waals surface area contributed by atoms with Crippen LogP contribution in [0.1, 0.15) is 15.9 Å². The highest BCUT2D eigenvalue weighted by molar-refractivity contribution is 6.34. The lowest BCUT2D eigenvalue weighted by Gasteiger charge is -2.11. The van der Waals surface area contributed by atoms with Crippen molar-refractivity contribution >= 4 is 34.3 Å². The number of amides is 1. The van der Waals surface area contributed by atoms with Crippen LogP contribution in [0.4, 0.5) is 27.6 Å². The minimum atomic E-state index is -2.36.